The van der Waals surface area contributed by atoms with E-state index in [0.29, 0.717) is 0 Å². The van der Waals surface area contributed by atoms with Crippen LogP contribution in [0.25, 0.3) is 53.2 Å². The number of hydrogen-bond donors (Lipinski definition) is 0. The molecule has 0 radical (unpaired) electrons. The van der Waals surface area contributed by atoms with Crippen molar-refractivity contribution in [2.45, 2.75) is 19.3 Å². The Morgan fingerprint density at radius 3 is 2.04 bits per heavy atom. The predicted octanol–water partition coefficient (Wildman–Crippen LogP) is 12.7. The summed E-state index contributed by atoms with van der Waals surface area (Å²) in [6, 6.07) is 55.8. The van der Waals surface area contributed by atoms with E-state index in [0.717, 1.165) is 5.69 Å². The minimum atomic E-state index is -0.133. The van der Waals surface area contributed by atoms with Gasteiger partial charge in [-0.25, -0.2) is 0 Å². The fourth-order valence-electron chi connectivity index (χ4n) is 7.60. The molecule has 1 aliphatic rings. The van der Waals surface area contributed by atoms with E-state index < -0.39 is 0 Å². The molecule has 0 N–H and O–H groups in total. The lowest BCUT2D eigenvalue weighted by atomic mass is 9.80. The molecule has 0 saturated heterocycles. The van der Waals surface area contributed by atoms with Crippen molar-refractivity contribution >= 4 is 59.3 Å². The Morgan fingerprint density at radius 2 is 1.20 bits per heavy atom. The first-order valence-electron chi connectivity index (χ1n) is 15.6. The highest BCUT2D eigenvalue weighted by atomic mass is 32.1. The molecule has 214 valence electrons. The van der Waals surface area contributed by atoms with E-state index in [4.69, 9.17) is 0 Å². The average Bonchev–Trinajstić information content (AvgIpc) is 3.59. The van der Waals surface area contributed by atoms with E-state index >= 15 is 0 Å². The van der Waals surface area contributed by atoms with Gasteiger partial charge in [0, 0.05) is 36.8 Å². The first kappa shape index (κ1) is 26.2. The van der Waals surface area contributed by atoms with E-state index in [1.807, 2.05) is 11.3 Å². The molecule has 0 spiro atoms. The predicted molar refractivity (Wildman–Crippen MR) is 195 cm³/mol. The summed E-state index contributed by atoms with van der Waals surface area (Å²) in [4.78, 5) is 2.53. The molecule has 7 aromatic carbocycles. The summed E-state index contributed by atoms with van der Waals surface area (Å²) < 4.78 is 2.62. The van der Waals surface area contributed by atoms with Crippen molar-refractivity contribution in [3.8, 4) is 22.3 Å². The normalized spacial score (nSPS) is 13.3. The fourth-order valence-corrected chi connectivity index (χ4v) is 8.72. The highest BCUT2D eigenvalue weighted by Gasteiger charge is 2.39. The third kappa shape index (κ3) is 3.92. The van der Waals surface area contributed by atoms with Crippen molar-refractivity contribution in [2.75, 3.05) is 4.90 Å². The molecule has 0 fully saturated rings. The van der Waals surface area contributed by atoms with Gasteiger partial charge >= 0.3 is 0 Å². The van der Waals surface area contributed by atoms with Gasteiger partial charge in [0.05, 0.1) is 11.4 Å². The third-order valence-corrected chi connectivity index (χ3v) is 10.8. The van der Waals surface area contributed by atoms with Gasteiger partial charge in [-0.15, -0.1) is 11.3 Å². The van der Waals surface area contributed by atoms with Crippen LogP contribution in [0.2, 0.25) is 0 Å². The molecule has 1 aliphatic carbocycles. The maximum atomic E-state index is 2.53. The highest BCUT2D eigenvalue weighted by Crippen LogP contribution is 2.57. The number of hydrogen-bond acceptors (Lipinski definition) is 2. The lowest BCUT2D eigenvalue weighted by molar-refractivity contribution is 0.666. The second kappa shape index (κ2) is 9.92. The Balaban J connectivity index is 1.40. The van der Waals surface area contributed by atoms with Gasteiger partial charge in [-0.2, -0.15) is 0 Å². The van der Waals surface area contributed by atoms with E-state index in [1.165, 1.54) is 75.7 Å². The fraction of sp³-hybridized carbons (Fsp3) is 0.0698. The van der Waals surface area contributed by atoms with Crippen LogP contribution in [-0.4, -0.2) is 0 Å². The Labute approximate surface area is 267 Å². The third-order valence-electron chi connectivity index (χ3n) is 9.62. The molecular weight excluding hydrogens is 563 g/mol. The van der Waals surface area contributed by atoms with Gasteiger partial charge in [0.25, 0.3) is 0 Å². The van der Waals surface area contributed by atoms with Gasteiger partial charge in [0.1, 0.15) is 0 Å². The minimum absolute atomic E-state index is 0.133. The molecule has 0 saturated carbocycles. The van der Waals surface area contributed by atoms with Crippen LogP contribution in [0, 0.1) is 0 Å². The van der Waals surface area contributed by atoms with Crippen molar-refractivity contribution in [3.05, 3.63) is 163 Å². The molecule has 0 unspecified atom stereocenters. The summed E-state index contributed by atoms with van der Waals surface area (Å²) in [5.74, 6) is 0. The molecule has 0 aliphatic heterocycles. The minimum Gasteiger partial charge on any atom is -0.309 e. The zero-order valence-corrected chi connectivity index (χ0v) is 26.1. The Bertz CT molecular complexity index is 2400. The summed E-state index contributed by atoms with van der Waals surface area (Å²) in [6.45, 7) is 4.78. The summed E-state index contributed by atoms with van der Waals surface area (Å²) in [6.07, 6.45) is 0. The van der Waals surface area contributed by atoms with Crippen molar-refractivity contribution < 1.29 is 0 Å². The van der Waals surface area contributed by atoms with E-state index in [2.05, 4.69) is 170 Å². The van der Waals surface area contributed by atoms with Gasteiger partial charge in [0.2, 0.25) is 0 Å². The summed E-state index contributed by atoms with van der Waals surface area (Å²) in [5.41, 5.74) is 11.3. The summed E-state index contributed by atoms with van der Waals surface area (Å²) >= 11 is 1.87. The van der Waals surface area contributed by atoms with Crippen LogP contribution in [0.4, 0.5) is 17.1 Å². The monoisotopic (exact) mass is 593 g/mol. The first-order valence-corrected chi connectivity index (χ1v) is 16.4. The Hall–Kier alpha value is -5.18. The molecule has 2 heteroatoms. The van der Waals surface area contributed by atoms with Gasteiger partial charge in [-0.3, -0.25) is 0 Å². The topological polar surface area (TPSA) is 3.24 Å². The molecule has 1 aromatic heterocycles. The average molecular weight is 594 g/mol. The van der Waals surface area contributed by atoms with Crippen LogP contribution in [-0.2, 0) is 5.41 Å². The number of thiophene rings is 1. The highest BCUT2D eigenvalue weighted by molar-refractivity contribution is 7.26. The number of rotatable bonds is 4. The van der Waals surface area contributed by atoms with Crippen molar-refractivity contribution in [1.29, 1.82) is 0 Å². The number of fused-ring (bicyclic) bond motifs is 8. The lowest BCUT2D eigenvalue weighted by Crippen LogP contribution is -2.17. The molecule has 8 aromatic rings. The molecule has 0 amide bonds. The molecule has 9 rings (SSSR count). The van der Waals surface area contributed by atoms with Crippen molar-refractivity contribution in [2.24, 2.45) is 0 Å². The quantitative estimate of drug-likeness (QED) is 0.196. The zero-order valence-electron chi connectivity index (χ0n) is 25.3. The molecule has 1 heterocycles. The number of anilines is 3. The number of benzene rings is 7. The van der Waals surface area contributed by atoms with Crippen molar-refractivity contribution in [3.63, 3.8) is 0 Å². The second-order valence-corrected chi connectivity index (χ2v) is 13.6. The second-order valence-electron chi connectivity index (χ2n) is 12.5. The van der Waals surface area contributed by atoms with Crippen LogP contribution >= 0.6 is 11.3 Å². The smallest absolute Gasteiger partial charge is 0.0555 e. The summed E-state index contributed by atoms with van der Waals surface area (Å²) in [7, 11) is 0. The van der Waals surface area contributed by atoms with Crippen LogP contribution in [0.5, 0.6) is 0 Å². The van der Waals surface area contributed by atoms with Crippen molar-refractivity contribution in [1.82, 2.24) is 0 Å². The lowest BCUT2D eigenvalue weighted by Gasteiger charge is -2.31. The molecular formula is C43H31NS. The summed E-state index contributed by atoms with van der Waals surface area (Å²) in [5, 5.41) is 5.20. The van der Waals surface area contributed by atoms with E-state index in [1.54, 1.807) is 0 Å². The molecule has 0 bridgehead atoms. The van der Waals surface area contributed by atoms with Crippen LogP contribution in [0.3, 0.4) is 0 Å². The van der Waals surface area contributed by atoms with E-state index in [9.17, 15) is 0 Å². The zero-order chi connectivity index (χ0) is 30.1. The van der Waals surface area contributed by atoms with Gasteiger partial charge < -0.3 is 4.90 Å². The largest absolute Gasteiger partial charge is 0.309 e. The van der Waals surface area contributed by atoms with Gasteiger partial charge in [-0.1, -0.05) is 129 Å². The Kier molecular flexibility index (Phi) is 5.78. The molecule has 0 atom stereocenters. The maximum Gasteiger partial charge on any atom is 0.0555 e. The SMILES string of the molecule is CC1(C)c2ccccc2-c2c(N(c3ccc(-c4ccccc4)cc3)c3cccc4sc5ccccc5c34)cc3ccccc3c21. The van der Waals surface area contributed by atoms with E-state index in [-0.39, 0.29) is 5.41 Å². The van der Waals surface area contributed by atoms with Crippen LogP contribution < -0.4 is 4.90 Å². The van der Waals surface area contributed by atoms with Crippen LogP contribution in [0.1, 0.15) is 25.0 Å². The van der Waals surface area contributed by atoms with Crippen LogP contribution in [0.15, 0.2) is 152 Å². The van der Waals surface area contributed by atoms with Gasteiger partial charge in [0.15, 0.2) is 0 Å². The molecule has 45 heavy (non-hydrogen) atoms. The Morgan fingerprint density at radius 1 is 0.533 bits per heavy atom. The standard InChI is InChI=1S/C43H31NS/c1-43(2)35-19-10-8-17-33(35)41-37(27-30-15-6-7-16-32(30)42(41)43)44(31-25-23-29(24-26-31)28-13-4-3-5-14-28)36-20-12-22-39-40(36)34-18-9-11-21-38(34)45-39/h3-27H,1-2H3. The van der Waals surface area contributed by atoms with Gasteiger partial charge in [-0.05, 0) is 75.0 Å². The first-order chi connectivity index (χ1) is 22.1. The molecule has 1 nitrogen and oxygen atoms in total. The number of nitrogens with zero attached hydrogens (tertiary/aromatic N) is 1. The maximum absolute atomic E-state index is 2.53.